The third-order valence-corrected chi connectivity index (χ3v) is 7.99. The van der Waals surface area contributed by atoms with Crippen molar-refractivity contribution in [1.29, 1.82) is 0 Å². The lowest BCUT2D eigenvalue weighted by atomic mass is 9.95. The van der Waals surface area contributed by atoms with E-state index in [1.165, 1.54) is 42.0 Å². The average Bonchev–Trinajstić information content (AvgIpc) is 3.50. The van der Waals surface area contributed by atoms with Crippen LogP contribution in [0, 0.1) is 11.6 Å². The first-order chi connectivity index (χ1) is 18.4. The van der Waals surface area contributed by atoms with E-state index in [0.717, 1.165) is 23.5 Å². The van der Waals surface area contributed by atoms with E-state index >= 15 is 0 Å². The molecule has 0 aliphatic carbocycles. The number of aromatic nitrogens is 2. The molecule has 1 saturated heterocycles. The maximum Gasteiger partial charge on any atom is 0.301 e. The average molecular weight is 552 g/mol. The monoisotopic (exact) mass is 551 g/mol. The van der Waals surface area contributed by atoms with Crippen LogP contribution in [0.5, 0.6) is 5.75 Å². The Bertz CT molecular complexity index is 1560. The molecule has 38 heavy (non-hydrogen) atoms. The van der Waals surface area contributed by atoms with Crippen molar-refractivity contribution in [2.24, 2.45) is 0 Å². The summed E-state index contributed by atoms with van der Waals surface area (Å²) in [7, 11) is 1.48. The van der Waals surface area contributed by atoms with Crippen LogP contribution in [0.2, 0.25) is 0 Å². The number of ether oxygens (including phenoxy) is 1. The van der Waals surface area contributed by atoms with Crippen LogP contribution in [0.4, 0.5) is 13.9 Å². The molecular weight excluding hydrogens is 532 g/mol. The fourth-order valence-electron chi connectivity index (χ4n) is 4.03. The molecule has 5 rings (SSSR count). The second kappa shape index (κ2) is 10.7. The minimum atomic E-state index is -1.05. The lowest BCUT2D eigenvalue weighted by molar-refractivity contribution is -0.132. The van der Waals surface area contributed by atoms with E-state index in [9.17, 15) is 23.5 Å². The van der Waals surface area contributed by atoms with Gasteiger partial charge in [0.1, 0.15) is 23.1 Å². The zero-order chi connectivity index (χ0) is 26.8. The van der Waals surface area contributed by atoms with Crippen molar-refractivity contribution in [3.05, 3.63) is 107 Å². The zero-order valence-electron chi connectivity index (χ0n) is 19.8. The summed E-state index contributed by atoms with van der Waals surface area (Å²) in [5, 5.41) is 19.5. The van der Waals surface area contributed by atoms with Crippen LogP contribution in [0.3, 0.4) is 0 Å². The summed E-state index contributed by atoms with van der Waals surface area (Å²) in [6.45, 7) is 0. The van der Waals surface area contributed by atoms with Crippen LogP contribution in [0.15, 0.2) is 82.7 Å². The van der Waals surface area contributed by atoms with Crippen molar-refractivity contribution in [2.45, 2.75) is 16.1 Å². The molecule has 192 valence electrons. The molecule has 0 radical (unpaired) electrons. The van der Waals surface area contributed by atoms with Gasteiger partial charge < -0.3 is 9.84 Å². The fraction of sp³-hybridized carbons (Fsp3) is 0.111. The highest BCUT2D eigenvalue weighted by atomic mass is 32.2. The van der Waals surface area contributed by atoms with E-state index in [2.05, 4.69) is 10.2 Å². The van der Waals surface area contributed by atoms with Gasteiger partial charge in [-0.25, -0.2) is 8.78 Å². The quantitative estimate of drug-likeness (QED) is 0.103. The Balaban J connectivity index is 1.56. The maximum absolute atomic E-state index is 14.0. The van der Waals surface area contributed by atoms with E-state index in [1.54, 1.807) is 42.5 Å². The van der Waals surface area contributed by atoms with Crippen molar-refractivity contribution >= 4 is 45.7 Å². The van der Waals surface area contributed by atoms with Gasteiger partial charge in [-0.3, -0.25) is 14.5 Å². The molecule has 1 aliphatic rings. The number of carbonyl (C=O) groups excluding carboxylic acids is 2. The van der Waals surface area contributed by atoms with Gasteiger partial charge in [0.2, 0.25) is 5.13 Å². The van der Waals surface area contributed by atoms with Gasteiger partial charge in [-0.2, -0.15) is 0 Å². The zero-order valence-corrected chi connectivity index (χ0v) is 21.4. The number of aliphatic hydroxyl groups is 1. The van der Waals surface area contributed by atoms with Gasteiger partial charge in [-0.15, -0.1) is 10.2 Å². The number of carbonyl (C=O) groups is 2. The first-order valence-corrected chi connectivity index (χ1v) is 13.1. The van der Waals surface area contributed by atoms with E-state index in [1.807, 2.05) is 0 Å². The number of halogens is 2. The number of amides is 1. The fourth-order valence-corrected chi connectivity index (χ4v) is 5.89. The molecule has 4 aromatic rings. The third kappa shape index (κ3) is 4.90. The van der Waals surface area contributed by atoms with Crippen LogP contribution in [-0.4, -0.2) is 34.1 Å². The van der Waals surface area contributed by atoms with E-state index in [4.69, 9.17) is 4.74 Å². The van der Waals surface area contributed by atoms with Crippen LogP contribution in [0.1, 0.15) is 22.7 Å². The van der Waals surface area contributed by atoms with Gasteiger partial charge in [0.25, 0.3) is 5.78 Å². The number of thioether (sulfide) groups is 1. The SMILES string of the molecule is COc1cccc(C2/C(=C(/O)c3ccc(F)cc3)C(=O)C(=O)N2c2nnc(SCc3ccccc3F)s2)c1. The summed E-state index contributed by atoms with van der Waals surface area (Å²) in [5.74, 6) is -2.34. The molecule has 11 heteroatoms. The third-order valence-electron chi connectivity index (χ3n) is 5.88. The highest BCUT2D eigenvalue weighted by molar-refractivity contribution is 8.00. The van der Waals surface area contributed by atoms with Gasteiger partial charge in [0.15, 0.2) is 4.34 Å². The molecule has 0 spiro atoms. The van der Waals surface area contributed by atoms with Gasteiger partial charge in [0.05, 0.1) is 18.7 Å². The number of hydrogen-bond acceptors (Lipinski definition) is 8. The summed E-state index contributed by atoms with van der Waals surface area (Å²) in [5.41, 5.74) is 0.981. The van der Waals surface area contributed by atoms with E-state index in [0.29, 0.717) is 27.0 Å². The molecule has 0 bridgehead atoms. The first-order valence-electron chi connectivity index (χ1n) is 11.3. The Kier molecular flexibility index (Phi) is 7.21. The molecular formula is C27H19F2N3O4S2. The van der Waals surface area contributed by atoms with Crippen LogP contribution >= 0.6 is 23.1 Å². The maximum atomic E-state index is 14.0. The minimum Gasteiger partial charge on any atom is -0.507 e. The minimum absolute atomic E-state index is 0.133. The molecule has 1 atom stereocenters. The molecule has 1 aliphatic heterocycles. The second-order valence-corrected chi connectivity index (χ2v) is 10.4. The van der Waals surface area contributed by atoms with Crippen molar-refractivity contribution < 1.29 is 28.2 Å². The predicted octanol–water partition coefficient (Wildman–Crippen LogP) is 5.74. The molecule has 3 aromatic carbocycles. The van der Waals surface area contributed by atoms with Crippen LogP contribution in [0.25, 0.3) is 5.76 Å². The van der Waals surface area contributed by atoms with Gasteiger partial charge >= 0.3 is 5.91 Å². The molecule has 1 N–H and O–H groups in total. The van der Waals surface area contributed by atoms with Crippen LogP contribution < -0.4 is 9.64 Å². The number of hydrogen-bond donors (Lipinski definition) is 1. The number of anilines is 1. The highest BCUT2D eigenvalue weighted by Crippen LogP contribution is 2.44. The number of benzene rings is 3. The number of Topliss-reactive ketones (excluding diaryl/α,β-unsaturated/α-hetero) is 1. The largest absolute Gasteiger partial charge is 0.507 e. The Morgan fingerprint density at radius 3 is 2.55 bits per heavy atom. The first kappa shape index (κ1) is 25.6. The Morgan fingerprint density at radius 1 is 1.05 bits per heavy atom. The molecule has 7 nitrogen and oxygen atoms in total. The summed E-state index contributed by atoms with van der Waals surface area (Å²) in [6, 6.07) is 17.0. The van der Waals surface area contributed by atoms with E-state index < -0.39 is 29.3 Å². The molecule has 1 aromatic heterocycles. The Labute approximate surface area is 224 Å². The van der Waals surface area contributed by atoms with Gasteiger partial charge in [-0.05, 0) is 53.6 Å². The van der Waals surface area contributed by atoms with Gasteiger partial charge in [-0.1, -0.05) is 53.4 Å². The Hall–Kier alpha value is -4.09. The molecule has 1 unspecified atom stereocenters. The lowest BCUT2D eigenvalue weighted by Gasteiger charge is -2.22. The smallest absolute Gasteiger partial charge is 0.301 e. The number of aliphatic hydroxyl groups excluding tert-OH is 1. The number of rotatable bonds is 7. The van der Waals surface area contributed by atoms with Crippen LogP contribution in [-0.2, 0) is 15.3 Å². The number of nitrogens with zero attached hydrogens (tertiary/aromatic N) is 3. The van der Waals surface area contributed by atoms with Crippen molar-refractivity contribution in [3.8, 4) is 5.75 Å². The predicted molar refractivity (Wildman–Crippen MR) is 140 cm³/mol. The van der Waals surface area contributed by atoms with E-state index in [-0.39, 0.29) is 22.1 Å². The lowest BCUT2D eigenvalue weighted by Crippen LogP contribution is -2.29. The van der Waals surface area contributed by atoms with Crippen molar-refractivity contribution in [1.82, 2.24) is 10.2 Å². The topological polar surface area (TPSA) is 92.6 Å². The summed E-state index contributed by atoms with van der Waals surface area (Å²) >= 11 is 2.31. The number of ketones is 1. The molecule has 2 heterocycles. The summed E-state index contributed by atoms with van der Waals surface area (Å²) < 4.78 is 33.3. The molecule has 1 fully saturated rings. The van der Waals surface area contributed by atoms with Crippen molar-refractivity contribution in [3.63, 3.8) is 0 Å². The molecule has 0 saturated carbocycles. The van der Waals surface area contributed by atoms with Crippen molar-refractivity contribution in [2.75, 3.05) is 12.0 Å². The Morgan fingerprint density at radius 2 is 1.82 bits per heavy atom. The normalized spacial score (nSPS) is 16.7. The standard InChI is InChI=1S/C27H19F2N3O4S2/c1-36-19-7-4-6-16(13-19)22-21(23(33)15-9-11-18(28)12-10-15)24(34)25(35)32(22)26-30-31-27(38-26)37-14-17-5-2-3-8-20(17)29/h2-13,22,33H,14H2,1H3/b23-21-. The highest BCUT2D eigenvalue weighted by Gasteiger charge is 2.48. The summed E-state index contributed by atoms with van der Waals surface area (Å²) in [4.78, 5) is 27.7. The second-order valence-electron chi connectivity index (χ2n) is 8.18. The summed E-state index contributed by atoms with van der Waals surface area (Å²) in [6.07, 6.45) is 0. The van der Waals surface area contributed by atoms with Gasteiger partial charge in [0, 0.05) is 11.3 Å². The molecule has 1 amide bonds. The number of methoxy groups -OCH3 is 1.